The lowest BCUT2D eigenvalue weighted by Gasteiger charge is -2.01. The van der Waals surface area contributed by atoms with Gasteiger partial charge in [-0.05, 0) is 18.6 Å². The van der Waals surface area contributed by atoms with Crippen molar-refractivity contribution in [3.05, 3.63) is 21.9 Å². The molecule has 96 valence electrons. The molecule has 0 bridgehead atoms. The molecule has 0 spiro atoms. The highest BCUT2D eigenvalue weighted by molar-refractivity contribution is 7.90. The van der Waals surface area contributed by atoms with Crippen LogP contribution in [0.5, 0.6) is 0 Å². The van der Waals surface area contributed by atoms with Gasteiger partial charge in [-0.25, -0.2) is 13.2 Å². The lowest BCUT2D eigenvalue weighted by molar-refractivity contribution is 0.0702. The zero-order valence-electron chi connectivity index (χ0n) is 9.68. The van der Waals surface area contributed by atoms with Crippen LogP contribution in [-0.4, -0.2) is 25.2 Å². The van der Waals surface area contributed by atoms with E-state index in [1.54, 1.807) is 6.07 Å². The van der Waals surface area contributed by atoms with Crippen LogP contribution in [-0.2, 0) is 15.6 Å². The zero-order valence-corrected chi connectivity index (χ0v) is 11.3. The molecule has 4 nitrogen and oxygen atoms in total. The van der Waals surface area contributed by atoms with Crippen LogP contribution in [0.15, 0.2) is 12.1 Å². The largest absolute Gasteiger partial charge is 0.477 e. The fraction of sp³-hybridized carbons (Fsp3) is 0.545. The predicted molar refractivity (Wildman–Crippen MR) is 68.3 cm³/mol. The van der Waals surface area contributed by atoms with Crippen LogP contribution >= 0.6 is 11.3 Å². The minimum atomic E-state index is -3.10. The van der Waals surface area contributed by atoms with Crippen LogP contribution in [0.25, 0.3) is 0 Å². The maximum absolute atomic E-state index is 11.7. The summed E-state index contributed by atoms with van der Waals surface area (Å²) in [6.07, 6.45) is 2.57. The Balaban J connectivity index is 2.60. The van der Waals surface area contributed by atoms with Crippen molar-refractivity contribution in [2.24, 2.45) is 0 Å². The molecule has 0 aliphatic heterocycles. The molecule has 0 fully saturated rings. The summed E-state index contributed by atoms with van der Waals surface area (Å²) in [5.41, 5.74) is 0. The summed E-state index contributed by atoms with van der Waals surface area (Å²) >= 11 is 1.03. The monoisotopic (exact) mass is 276 g/mol. The van der Waals surface area contributed by atoms with Crippen LogP contribution < -0.4 is 0 Å². The number of sulfone groups is 1. The van der Waals surface area contributed by atoms with Gasteiger partial charge in [0.2, 0.25) is 0 Å². The number of thiophene rings is 1. The Kier molecular flexibility index (Phi) is 5.14. The van der Waals surface area contributed by atoms with Gasteiger partial charge in [0.15, 0.2) is 9.84 Å². The normalized spacial score (nSPS) is 11.6. The van der Waals surface area contributed by atoms with Crippen LogP contribution in [0.1, 0.15) is 40.7 Å². The summed E-state index contributed by atoms with van der Waals surface area (Å²) in [5, 5.41) is 8.73. The maximum Gasteiger partial charge on any atom is 0.345 e. The second kappa shape index (κ2) is 6.16. The van der Waals surface area contributed by atoms with E-state index in [2.05, 4.69) is 0 Å². The van der Waals surface area contributed by atoms with E-state index >= 15 is 0 Å². The number of aromatic carboxylic acids is 1. The molecule has 1 aromatic rings. The van der Waals surface area contributed by atoms with Gasteiger partial charge in [0.25, 0.3) is 0 Å². The highest BCUT2D eigenvalue weighted by Crippen LogP contribution is 2.19. The topological polar surface area (TPSA) is 71.4 Å². The molecule has 0 aliphatic carbocycles. The summed E-state index contributed by atoms with van der Waals surface area (Å²) in [6, 6.07) is 3.02. The molecule has 0 radical (unpaired) electrons. The first-order chi connectivity index (χ1) is 7.94. The van der Waals surface area contributed by atoms with Crippen molar-refractivity contribution in [1.82, 2.24) is 0 Å². The third kappa shape index (κ3) is 4.87. The van der Waals surface area contributed by atoms with Crippen molar-refractivity contribution in [1.29, 1.82) is 0 Å². The average molecular weight is 276 g/mol. The first-order valence-electron chi connectivity index (χ1n) is 5.47. The first kappa shape index (κ1) is 14.2. The average Bonchev–Trinajstić information content (AvgIpc) is 2.65. The van der Waals surface area contributed by atoms with E-state index < -0.39 is 15.8 Å². The number of hydrogen-bond donors (Lipinski definition) is 1. The van der Waals surface area contributed by atoms with E-state index in [0.29, 0.717) is 11.3 Å². The maximum atomic E-state index is 11.7. The third-order valence-electron chi connectivity index (χ3n) is 2.29. The quantitative estimate of drug-likeness (QED) is 0.777. The Morgan fingerprint density at radius 3 is 2.59 bits per heavy atom. The van der Waals surface area contributed by atoms with E-state index in [1.165, 1.54) is 6.07 Å². The smallest absolute Gasteiger partial charge is 0.345 e. The number of hydrogen-bond acceptors (Lipinski definition) is 4. The Morgan fingerprint density at radius 2 is 2.06 bits per heavy atom. The van der Waals surface area contributed by atoms with Gasteiger partial charge in [0, 0.05) is 4.88 Å². The highest BCUT2D eigenvalue weighted by Gasteiger charge is 2.14. The summed E-state index contributed by atoms with van der Waals surface area (Å²) in [5.74, 6) is -0.875. The molecule has 17 heavy (non-hydrogen) atoms. The van der Waals surface area contributed by atoms with Crippen LogP contribution in [0.4, 0.5) is 0 Å². The number of carboxylic acids is 1. The van der Waals surface area contributed by atoms with Gasteiger partial charge in [-0.2, -0.15) is 0 Å². The van der Waals surface area contributed by atoms with Crippen molar-refractivity contribution >= 4 is 27.1 Å². The molecule has 0 aromatic carbocycles. The SMILES string of the molecule is CCCCCS(=O)(=O)Cc1ccc(C(=O)O)s1. The van der Waals surface area contributed by atoms with Crippen LogP contribution in [0, 0.1) is 0 Å². The third-order valence-corrected chi connectivity index (χ3v) is 5.21. The van der Waals surface area contributed by atoms with Crippen molar-refractivity contribution in [3.63, 3.8) is 0 Å². The van der Waals surface area contributed by atoms with E-state index in [4.69, 9.17) is 5.11 Å². The Labute approximate surface area is 105 Å². The lowest BCUT2D eigenvalue weighted by Crippen LogP contribution is -2.08. The number of carboxylic acid groups (broad SMARTS) is 1. The van der Waals surface area contributed by atoms with E-state index in [0.717, 1.165) is 24.2 Å². The molecule has 0 saturated heterocycles. The van der Waals surface area contributed by atoms with Crippen molar-refractivity contribution < 1.29 is 18.3 Å². The molecule has 6 heteroatoms. The van der Waals surface area contributed by atoms with Gasteiger partial charge in [0.05, 0.1) is 11.5 Å². The molecule has 0 saturated carbocycles. The molecule has 0 atom stereocenters. The Bertz CT molecular complexity index is 473. The molecular weight excluding hydrogens is 260 g/mol. The second-order valence-corrected chi connectivity index (χ2v) is 7.22. The minimum Gasteiger partial charge on any atom is -0.477 e. The van der Waals surface area contributed by atoms with Crippen molar-refractivity contribution in [3.8, 4) is 0 Å². The van der Waals surface area contributed by atoms with E-state index in [1.807, 2.05) is 6.92 Å². The summed E-state index contributed by atoms with van der Waals surface area (Å²) in [6.45, 7) is 2.02. The minimum absolute atomic E-state index is 0.0470. The van der Waals surface area contributed by atoms with Gasteiger partial charge >= 0.3 is 5.97 Å². The van der Waals surface area contributed by atoms with Gasteiger partial charge in [0.1, 0.15) is 4.88 Å². The number of unbranched alkanes of at least 4 members (excludes halogenated alkanes) is 2. The predicted octanol–water partition coefficient (Wildman–Crippen LogP) is 2.55. The van der Waals surface area contributed by atoms with Crippen LogP contribution in [0.2, 0.25) is 0 Å². The standard InChI is InChI=1S/C11H16O4S2/c1-2-3-4-7-17(14,15)8-9-5-6-10(16-9)11(12)13/h5-6H,2-4,7-8H2,1H3,(H,12,13). The lowest BCUT2D eigenvalue weighted by atomic mass is 10.3. The van der Waals surface area contributed by atoms with Gasteiger partial charge in [-0.3, -0.25) is 0 Å². The molecule has 1 heterocycles. The molecule has 1 aromatic heterocycles. The van der Waals surface area contributed by atoms with Crippen molar-refractivity contribution in [2.75, 3.05) is 5.75 Å². The summed E-state index contributed by atoms with van der Waals surface area (Å²) in [7, 11) is -3.10. The molecule has 0 unspecified atom stereocenters. The van der Waals surface area contributed by atoms with E-state index in [-0.39, 0.29) is 16.4 Å². The van der Waals surface area contributed by atoms with Gasteiger partial charge < -0.3 is 5.11 Å². The fourth-order valence-corrected chi connectivity index (χ4v) is 4.17. The first-order valence-corrected chi connectivity index (χ1v) is 8.11. The number of rotatable bonds is 7. The Morgan fingerprint density at radius 1 is 1.35 bits per heavy atom. The van der Waals surface area contributed by atoms with Crippen molar-refractivity contribution in [2.45, 2.75) is 31.9 Å². The fourth-order valence-electron chi connectivity index (χ4n) is 1.43. The second-order valence-electron chi connectivity index (χ2n) is 3.87. The summed E-state index contributed by atoms with van der Waals surface area (Å²) < 4.78 is 23.4. The molecule has 0 amide bonds. The number of carbonyl (C=O) groups is 1. The molecular formula is C11H16O4S2. The van der Waals surface area contributed by atoms with E-state index in [9.17, 15) is 13.2 Å². The molecule has 1 rings (SSSR count). The Hall–Kier alpha value is -0.880. The van der Waals surface area contributed by atoms with Crippen LogP contribution in [0.3, 0.4) is 0 Å². The zero-order chi connectivity index (χ0) is 12.9. The van der Waals surface area contributed by atoms with Gasteiger partial charge in [-0.1, -0.05) is 19.8 Å². The van der Waals surface area contributed by atoms with Gasteiger partial charge in [-0.15, -0.1) is 11.3 Å². The highest BCUT2D eigenvalue weighted by atomic mass is 32.2. The molecule has 1 N–H and O–H groups in total. The molecule has 0 aliphatic rings. The summed E-state index contributed by atoms with van der Waals surface area (Å²) in [4.78, 5) is 11.4.